The first kappa shape index (κ1) is 9.14. The molecule has 0 heterocycles. The van der Waals surface area contributed by atoms with Crippen LogP contribution in [0.3, 0.4) is 0 Å². The fraction of sp³-hybridized carbons (Fsp3) is 0. The molecule has 0 nitrogen and oxygen atoms in total. The van der Waals surface area contributed by atoms with Crippen LogP contribution in [0.5, 0.6) is 0 Å². The SMILES string of the molecule is Clc1ccc2c(Cl)cc(Cl)cc2c1. The smallest absolute Gasteiger partial charge is 0.0499 e. The summed E-state index contributed by atoms with van der Waals surface area (Å²) in [5, 5.41) is 3.89. The first-order chi connectivity index (χ1) is 6.16. The zero-order valence-electron chi connectivity index (χ0n) is 6.52. The van der Waals surface area contributed by atoms with E-state index in [0.29, 0.717) is 15.1 Å². The Hall–Kier alpha value is -0.430. The summed E-state index contributed by atoms with van der Waals surface area (Å²) in [5.74, 6) is 0. The van der Waals surface area contributed by atoms with Crippen molar-refractivity contribution in [1.82, 2.24) is 0 Å². The van der Waals surface area contributed by atoms with Crippen molar-refractivity contribution in [2.24, 2.45) is 0 Å². The zero-order valence-corrected chi connectivity index (χ0v) is 8.79. The van der Waals surface area contributed by atoms with E-state index in [1.54, 1.807) is 6.07 Å². The standard InChI is InChI=1S/C10H5Cl3/c11-7-1-2-9-6(3-7)4-8(12)5-10(9)13/h1-5H. The van der Waals surface area contributed by atoms with Gasteiger partial charge in [-0.15, -0.1) is 0 Å². The van der Waals surface area contributed by atoms with Gasteiger partial charge in [-0.05, 0) is 29.7 Å². The average Bonchev–Trinajstić information content (AvgIpc) is 2.02. The molecule has 2 rings (SSSR count). The molecule has 0 spiro atoms. The summed E-state index contributed by atoms with van der Waals surface area (Å²) in [7, 11) is 0. The van der Waals surface area contributed by atoms with E-state index >= 15 is 0 Å². The third-order valence-corrected chi connectivity index (χ3v) is 2.59. The van der Waals surface area contributed by atoms with Gasteiger partial charge in [0.05, 0.1) is 0 Å². The van der Waals surface area contributed by atoms with Crippen molar-refractivity contribution in [3.63, 3.8) is 0 Å². The lowest BCUT2D eigenvalue weighted by Gasteiger charge is -2.01. The molecular formula is C10H5Cl3. The second-order valence-electron chi connectivity index (χ2n) is 2.75. The van der Waals surface area contributed by atoms with Crippen molar-refractivity contribution in [1.29, 1.82) is 0 Å². The lowest BCUT2D eigenvalue weighted by atomic mass is 10.1. The Labute approximate surface area is 91.0 Å². The number of hydrogen-bond acceptors (Lipinski definition) is 0. The van der Waals surface area contributed by atoms with Gasteiger partial charge < -0.3 is 0 Å². The molecule has 66 valence electrons. The first-order valence-electron chi connectivity index (χ1n) is 3.71. The van der Waals surface area contributed by atoms with Crippen molar-refractivity contribution >= 4 is 45.6 Å². The van der Waals surface area contributed by atoms with Crippen LogP contribution in [0.25, 0.3) is 10.8 Å². The summed E-state index contributed by atoms with van der Waals surface area (Å²) in [4.78, 5) is 0. The number of rotatable bonds is 0. The predicted octanol–water partition coefficient (Wildman–Crippen LogP) is 4.80. The Morgan fingerprint density at radius 2 is 1.46 bits per heavy atom. The molecule has 2 aromatic carbocycles. The molecule has 0 unspecified atom stereocenters. The van der Waals surface area contributed by atoms with E-state index in [9.17, 15) is 0 Å². The van der Waals surface area contributed by atoms with Gasteiger partial charge in [0.2, 0.25) is 0 Å². The monoisotopic (exact) mass is 230 g/mol. The summed E-state index contributed by atoms with van der Waals surface area (Å²) in [6.45, 7) is 0. The van der Waals surface area contributed by atoms with Gasteiger partial charge in [-0.2, -0.15) is 0 Å². The predicted molar refractivity (Wildman–Crippen MR) is 59.0 cm³/mol. The molecular weight excluding hydrogens is 226 g/mol. The minimum absolute atomic E-state index is 0.625. The Morgan fingerprint density at radius 3 is 2.23 bits per heavy atom. The Morgan fingerprint density at radius 1 is 0.769 bits per heavy atom. The molecule has 0 saturated heterocycles. The Balaban J connectivity index is 2.86. The number of hydrogen-bond donors (Lipinski definition) is 0. The fourth-order valence-corrected chi connectivity index (χ4v) is 2.01. The van der Waals surface area contributed by atoms with Crippen molar-refractivity contribution in [3.8, 4) is 0 Å². The third-order valence-electron chi connectivity index (χ3n) is 1.83. The van der Waals surface area contributed by atoms with Gasteiger partial charge in [0, 0.05) is 20.5 Å². The van der Waals surface area contributed by atoms with Gasteiger partial charge in [-0.1, -0.05) is 40.9 Å². The quantitative estimate of drug-likeness (QED) is 0.611. The normalized spacial score (nSPS) is 10.7. The number of fused-ring (bicyclic) bond motifs is 1. The summed E-state index contributed by atoms with van der Waals surface area (Å²) in [6, 6.07) is 9.10. The summed E-state index contributed by atoms with van der Waals surface area (Å²) in [6.07, 6.45) is 0. The van der Waals surface area contributed by atoms with Crippen LogP contribution in [0.2, 0.25) is 15.1 Å². The maximum absolute atomic E-state index is 5.99. The molecule has 0 radical (unpaired) electrons. The van der Waals surface area contributed by atoms with E-state index in [0.717, 1.165) is 10.8 Å². The molecule has 0 saturated carbocycles. The van der Waals surface area contributed by atoms with Gasteiger partial charge in [0.15, 0.2) is 0 Å². The molecule has 0 aromatic heterocycles. The lowest BCUT2D eigenvalue weighted by Crippen LogP contribution is -1.75. The molecule has 0 N–H and O–H groups in total. The van der Waals surface area contributed by atoms with Crippen LogP contribution in [0.4, 0.5) is 0 Å². The molecule has 2 aromatic rings. The van der Waals surface area contributed by atoms with E-state index in [4.69, 9.17) is 34.8 Å². The molecule has 0 aliphatic heterocycles. The van der Waals surface area contributed by atoms with Crippen LogP contribution in [-0.4, -0.2) is 0 Å². The topological polar surface area (TPSA) is 0 Å². The second-order valence-corrected chi connectivity index (χ2v) is 4.03. The number of halogens is 3. The minimum Gasteiger partial charge on any atom is -0.0843 e. The molecule has 0 bridgehead atoms. The summed E-state index contributed by atoms with van der Waals surface area (Å²) < 4.78 is 0. The third kappa shape index (κ3) is 1.76. The maximum Gasteiger partial charge on any atom is 0.0499 e. The molecule has 0 fully saturated rings. The molecule has 3 heteroatoms. The molecule has 0 atom stereocenters. The lowest BCUT2D eigenvalue weighted by molar-refractivity contribution is 1.74. The number of benzene rings is 2. The highest BCUT2D eigenvalue weighted by Crippen LogP contribution is 2.29. The van der Waals surface area contributed by atoms with Gasteiger partial charge in [0.25, 0.3) is 0 Å². The Kier molecular flexibility index (Phi) is 2.37. The van der Waals surface area contributed by atoms with E-state index in [1.807, 2.05) is 24.3 Å². The fourth-order valence-electron chi connectivity index (χ4n) is 1.26. The van der Waals surface area contributed by atoms with Gasteiger partial charge >= 0.3 is 0 Å². The molecule has 0 amide bonds. The van der Waals surface area contributed by atoms with Crippen molar-refractivity contribution in [2.75, 3.05) is 0 Å². The van der Waals surface area contributed by atoms with Crippen molar-refractivity contribution in [3.05, 3.63) is 45.4 Å². The highest BCUT2D eigenvalue weighted by molar-refractivity contribution is 6.39. The molecule has 0 aliphatic rings. The van der Waals surface area contributed by atoms with Crippen LogP contribution < -0.4 is 0 Å². The van der Waals surface area contributed by atoms with Crippen LogP contribution in [0.15, 0.2) is 30.3 Å². The van der Waals surface area contributed by atoms with Crippen LogP contribution >= 0.6 is 34.8 Å². The van der Waals surface area contributed by atoms with Crippen molar-refractivity contribution in [2.45, 2.75) is 0 Å². The molecule has 13 heavy (non-hydrogen) atoms. The Bertz CT molecular complexity index is 458. The highest BCUT2D eigenvalue weighted by atomic mass is 35.5. The van der Waals surface area contributed by atoms with Gasteiger partial charge in [-0.25, -0.2) is 0 Å². The van der Waals surface area contributed by atoms with Crippen LogP contribution in [0.1, 0.15) is 0 Å². The first-order valence-corrected chi connectivity index (χ1v) is 4.84. The van der Waals surface area contributed by atoms with E-state index in [2.05, 4.69) is 0 Å². The average molecular weight is 232 g/mol. The van der Waals surface area contributed by atoms with Crippen LogP contribution in [-0.2, 0) is 0 Å². The molecule has 0 aliphatic carbocycles. The highest BCUT2D eigenvalue weighted by Gasteiger charge is 2.01. The summed E-state index contributed by atoms with van der Waals surface area (Å²) >= 11 is 17.7. The largest absolute Gasteiger partial charge is 0.0843 e. The summed E-state index contributed by atoms with van der Waals surface area (Å²) in [5.41, 5.74) is 0. The second kappa shape index (κ2) is 3.38. The van der Waals surface area contributed by atoms with Gasteiger partial charge in [-0.3, -0.25) is 0 Å². The van der Waals surface area contributed by atoms with E-state index in [1.165, 1.54) is 0 Å². The van der Waals surface area contributed by atoms with Crippen molar-refractivity contribution < 1.29 is 0 Å². The maximum atomic E-state index is 5.99. The van der Waals surface area contributed by atoms with Gasteiger partial charge in [0.1, 0.15) is 0 Å². The van der Waals surface area contributed by atoms with Crippen LogP contribution in [0, 0.1) is 0 Å². The van der Waals surface area contributed by atoms with E-state index in [-0.39, 0.29) is 0 Å². The minimum atomic E-state index is 0.625. The van der Waals surface area contributed by atoms with E-state index < -0.39 is 0 Å². The zero-order chi connectivity index (χ0) is 9.42.